The lowest BCUT2D eigenvalue weighted by Crippen LogP contribution is -2.39. The molecule has 1 aliphatic rings. The Bertz CT molecular complexity index is 887. The molecule has 24 heavy (non-hydrogen) atoms. The summed E-state index contributed by atoms with van der Waals surface area (Å²) in [6.45, 7) is -0.108. The average molecular weight is 392 g/mol. The van der Waals surface area contributed by atoms with Crippen LogP contribution >= 0.6 is 15.9 Å². The number of likely N-dealkylation sites (N-methyl/N-ethyl adjacent to an activating group) is 1. The Morgan fingerprint density at radius 2 is 2.12 bits per heavy atom. The highest BCUT2D eigenvalue weighted by Gasteiger charge is 2.26. The standard InChI is InChI=1S/C17H18BrN3O3/c1-20(14-8-4-6-11-5-2-3-7-12(11)14)15(22)10-21-9-13(18)16(23)19-17(21)24/h2-3,5,7,9,14H,4,6,8,10H2,1H3,(H,19,23,24). The van der Waals surface area contributed by atoms with Crippen molar-refractivity contribution in [2.75, 3.05) is 7.05 Å². The molecule has 2 aromatic rings. The third-order valence-electron chi connectivity index (χ3n) is 4.47. The van der Waals surface area contributed by atoms with Gasteiger partial charge in [0.2, 0.25) is 5.91 Å². The summed E-state index contributed by atoms with van der Waals surface area (Å²) in [7, 11) is 1.76. The van der Waals surface area contributed by atoms with Gasteiger partial charge in [0.05, 0.1) is 10.5 Å². The van der Waals surface area contributed by atoms with Crippen molar-refractivity contribution in [3.8, 4) is 0 Å². The van der Waals surface area contributed by atoms with Crippen LogP contribution in [0.5, 0.6) is 0 Å². The summed E-state index contributed by atoms with van der Waals surface area (Å²) in [4.78, 5) is 39.7. The third kappa shape index (κ3) is 3.21. The van der Waals surface area contributed by atoms with Gasteiger partial charge in [0, 0.05) is 13.2 Å². The van der Waals surface area contributed by atoms with Crippen LogP contribution in [0.1, 0.15) is 30.0 Å². The van der Waals surface area contributed by atoms with E-state index in [2.05, 4.69) is 33.0 Å². The van der Waals surface area contributed by atoms with E-state index in [4.69, 9.17) is 0 Å². The van der Waals surface area contributed by atoms with E-state index >= 15 is 0 Å². The lowest BCUT2D eigenvalue weighted by molar-refractivity contribution is -0.133. The Morgan fingerprint density at radius 1 is 1.38 bits per heavy atom. The summed E-state index contributed by atoms with van der Waals surface area (Å²) in [5, 5.41) is 0. The van der Waals surface area contributed by atoms with E-state index in [9.17, 15) is 14.4 Å². The van der Waals surface area contributed by atoms with Crippen LogP contribution in [0.25, 0.3) is 0 Å². The van der Waals surface area contributed by atoms with Crippen LogP contribution in [-0.2, 0) is 17.8 Å². The first-order chi connectivity index (χ1) is 11.5. The number of nitrogens with zero attached hydrogens (tertiary/aromatic N) is 2. The summed E-state index contributed by atoms with van der Waals surface area (Å²) in [5.74, 6) is -0.169. The second kappa shape index (κ2) is 6.76. The average Bonchev–Trinajstić information content (AvgIpc) is 2.58. The molecule has 126 valence electrons. The molecule has 7 heteroatoms. The zero-order valence-electron chi connectivity index (χ0n) is 13.3. The number of aromatic amines is 1. The number of nitrogens with one attached hydrogen (secondary N) is 1. The number of H-pyrrole nitrogens is 1. The molecule has 0 fully saturated rings. The van der Waals surface area contributed by atoms with Crippen molar-refractivity contribution >= 4 is 21.8 Å². The number of aryl methyl sites for hydroxylation is 1. The molecule has 6 nitrogen and oxygen atoms in total. The lowest BCUT2D eigenvalue weighted by Gasteiger charge is -2.33. The normalized spacial score (nSPS) is 16.5. The van der Waals surface area contributed by atoms with E-state index in [-0.39, 0.29) is 23.0 Å². The summed E-state index contributed by atoms with van der Waals surface area (Å²) >= 11 is 3.08. The van der Waals surface area contributed by atoms with Gasteiger partial charge in [-0.2, -0.15) is 0 Å². The van der Waals surface area contributed by atoms with Gasteiger partial charge in [-0.25, -0.2) is 4.79 Å². The molecule has 1 heterocycles. The van der Waals surface area contributed by atoms with Gasteiger partial charge < -0.3 is 4.90 Å². The maximum absolute atomic E-state index is 12.6. The van der Waals surface area contributed by atoms with Crippen molar-refractivity contribution in [2.45, 2.75) is 31.8 Å². The number of amides is 1. The fraction of sp³-hybridized carbons (Fsp3) is 0.353. The van der Waals surface area contributed by atoms with Crippen molar-refractivity contribution < 1.29 is 4.79 Å². The Morgan fingerprint density at radius 3 is 2.92 bits per heavy atom. The summed E-state index contributed by atoms with van der Waals surface area (Å²) < 4.78 is 1.43. The molecule has 3 rings (SSSR count). The van der Waals surface area contributed by atoms with E-state index in [1.165, 1.54) is 21.9 Å². The Kier molecular flexibility index (Phi) is 4.71. The van der Waals surface area contributed by atoms with Crippen molar-refractivity contribution in [2.24, 2.45) is 0 Å². The number of benzene rings is 1. The molecule has 0 saturated carbocycles. The van der Waals surface area contributed by atoms with E-state index in [1.807, 2.05) is 12.1 Å². The Hall–Kier alpha value is -2.15. The van der Waals surface area contributed by atoms with Crippen LogP contribution in [0.4, 0.5) is 0 Å². The number of carbonyl (C=O) groups excluding carboxylic acids is 1. The fourth-order valence-corrected chi connectivity index (χ4v) is 3.51. The van der Waals surface area contributed by atoms with Gasteiger partial charge in [0.25, 0.3) is 5.56 Å². The first-order valence-corrected chi connectivity index (χ1v) is 8.59. The molecule has 0 spiro atoms. The topological polar surface area (TPSA) is 75.2 Å². The maximum atomic E-state index is 12.6. The quantitative estimate of drug-likeness (QED) is 0.866. The first kappa shape index (κ1) is 16.7. The van der Waals surface area contributed by atoms with Gasteiger partial charge in [-0.1, -0.05) is 24.3 Å². The van der Waals surface area contributed by atoms with Gasteiger partial charge in [0.15, 0.2) is 0 Å². The Labute approximate surface area is 147 Å². The zero-order valence-corrected chi connectivity index (χ0v) is 14.9. The summed E-state index contributed by atoms with van der Waals surface area (Å²) in [6.07, 6.45) is 4.32. The van der Waals surface area contributed by atoms with Crippen molar-refractivity contribution in [1.29, 1.82) is 0 Å². The number of hydrogen-bond acceptors (Lipinski definition) is 3. The molecule has 1 amide bonds. The molecule has 1 aromatic carbocycles. The van der Waals surface area contributed by atoms with Crippen LogP contribution < -0.4 is 11.2 Å². The SMILES string of the molecule is CN(C(=O)Cn1cc(Br)c(=O)[nH]c1=O)C1CCCc2ccccc21. The van der Waals surface area contributed by atoms with Gasteiger partial charge in [-0.3, -0.25) is 19.1 Å². The summed E-state index contributed by atoms with van der Waals surface area (Å²) in [6, 6.07) is 8.18. The van der Waals surface area contributed by atoms with Crippen molar-refractivity contribution in [1.82, 2.24) is 14.5 Å². The van der Waals surface area contributed by atoms with Crippen molar-refractivity contribution in [3.05, 3.63) is 66.9 Å². The monoisotopic (exact) mass is 391 g/mol. The molecule has 0 bridgehead atoms. The van der Waals surface area contributed by atoms with Crippen LogP contribution in [0.2, 0.25) is 0 Å². The highest BCUT2D eigenvalue weighted by atomic mass is 79.9. The van der Waals surface area contributed by atoms with E-state index in [0.29, 0.717) is 0 Å². The van der Waals surface area contributed by atoms with Gasteiger partial charge in [-0.05, 0) is 46.3 Å². The second-order valence-electron chi connectivity index (χ2n) is 5.98. The number of halogens is 1. The van der Waals surface area contributed by atoms with Gasteiger partial charge in [0.1, 0.15) is 6.54 Å². The van der Waals surface area contributed by atoms with Crippen LogP contribution in [0.3, 0.4) is 0 Å². The molecule has 1 aliphatic carbocycles. The molecule has 0 radical (unpaired) electrons. The molecule has 1 N–H and O–H groups in total. The lowest BCUT2D eigenvalue weighted by atomic mass is 9.87. The van der Waals surface area contributed by atoms with Crippen molar-refractivity contribution in [3.63, 3.8) is 0 Å². The second-order valence-corrected chi connectivity index (χ2v) is 6.83. The van der Waals surface area contributed by atoms with E-state index in [1.54, 1.807) is 11.9 Å². The molecule has 1 aromatic heterocycles. The zero-order chi connectivity index (χ0) is 17.3. The number of rotatable bonds is 3. The highest BCUT2D eigenvalue weighted by Crippen LogP contribution is 2.33. The fourth-order valence-electron chi connectivity index (χ4n) is 3.16. The smallest absolute Gasteiger partial charge is 0.328 e. The minimum absolute atomic E-state index is 0.0179. The molecule has 1 atom stereocenters. The predicted octanol–water partition coefficient (Wildman–Crippen LogP) is 1.84. The van der Waals surface area contributed by atoms with Gasteiger partial charge >= 0.3 is 5.69 Å². The summed E-state index contributed by atoms with van der Waals surface area (Å²) in [5.41, 5.74) is 1.36. The minimum atomic E-state index is -0.589. The number of aromatic nitrogens is 2. The van der Waals surface area contributed by atoms with E-state index in [0.717, 1.165) is 19.3 Å². The number of hydrogen-bond donors (Lipinski definition) is 1. The van der Waals surface area contributed by atoms with Crippen LogP contribution in [0.15, 0.2) is 44.5 Å². The number of fused-ring (bicyclic) bond motifs is 1. The Balaban J connectivity index is 1.83. The minimum Gasteiger partial charge on any atom is -0.337 e. The maximum Gasteiger partial charge on any atom is 0.328 e. The molecular formula is C17H18BrN3O3. The van der Waals surface area contributed by atoms with Crippen LogP contribution in [0, 0.1) is 0 Å². The molecular weight excluding hydrogens is 374 g/mol. The van der Waals surface area contributed by atoms with Gasteiger partial charge in [-0.15, -0.1) is 0 Å². The third-order valence-corrected chi connectivity index (χ3v) is 5.04. The largest absolute Gasteiger partial charge is 0.337 e. The molecule has 0 saturated heterocycles. The molecule has 1 unspecified atom stereocenters. The number of carbonyl (C=O) groups is 1. The predicted molar refractivity (Wildman–Crippen MR) is 93.9 cm³/mol. The first-order valence-electron chi connectivity index (χ1n) is 7.80. The van der Waals surface area contributed by atoms with E-state index < -0.39 is 11.2 Å². The highest BCUT2D eigenvalue weighted by molar-refractivity contribution is 9.10. The van der Waals surface area contributed by atoms with Crippen LogP contribution in [-0.4, -0.2) is 27.4 Å². The molecule has 0 aliphatic heterocycles.